The summed E-state index contributed by atoms with van der Waals surface area (Å²) < 4.78 is 0. The minimum absolute atomic E-state index is 0.103. The molecule has 3 aromatic rings. The van der Waals surface area contributed by atoms with E-state index in [0.29, 0.717) is 5.56 Å². The highest BCUT2D eigenvalue weighted by molar-refractivity contribution is 6.49. The van der Waals surface area contributed by atoms with Gasteiger partial charge in [-0.05, 0) is 30.7 Å². The summed E-state index contributed by atoms with van der Waals surface area (Å²) in [6, 6.07) is 16.1. The van der Waals surface area contributed by atoms with Gasteiger partial charge in [-0.2, -0.15) is 0 Å². The molecule has 170 valence electrons. The quantitative estimate of drug-likeness (QED) is 0.195. The number of carbonyl (C=O) groups excluding carboxylic acids is 3. The molecule has 0 spiro atoms. The Morgan fingerprint density at radius 3 is 2.18 bits per heavy atom. The first kappa shape index (κ1) is 22.5. The summed E-state index contributed by atoms with van der Waals surface area (Å²) in [5, 5.41) is 20.4. The van der Waals surface area contributed by atoms with Crippen molar-refractivity contribution in [3.05, 3.63) is 105 Å². The van der Waals surface area contributed by atoms with Crippen LogP contribution in [-0.2, 0) is 9.59 Å². The first-order valence-electron chi connectivity index (χ1n) is 10.2. The van der Waals surface area contributed by atoms with E-state index in [4.69, 9.17) is 0 Å². The molecule has 0 saturated carbocycles. The fraction of sp³-hybridized carbons (Fsp3) is 0.120. The van der Waals surface area contributed by atoms with Gasteiger partial charge in [-0.25, -0.2) is 4.79 Å². The second-order valence-corrected chi connectivity index (χ2v) is 7.90. The van der Waals surface area contributed by atoms with Gasteiger partial charge in [0.25, 0.3) is 11.6 Å². The molecular formula is C25H18N2O7. The number of nitro benzene ring substituents is 1. The number of non-ortho nitro benzene ring substituents is 1. The predicted octanol–water partition coefficient (Wildman–Crippen LogP) is 3.76. The monoisotopic (exact) mass is 458 g/mol. The molecule has 1 heterocycles. The zero-order chi connectivity index (χ0) is 24.6. The number of carbonyl (C=O) groups is 4. The lowest BCUT2D eigenvalue weighted by atomic mass is 9.86. The van der Waals surface area contributed by atoms with Crippen LogP contribution in [0, 0.1) is 23.0 Å². The second-order valence-electron chi connectivity index (χ2n) is 7.90. The fourth-order valence-electron chi connectivity index (χ4n) is 4.03. The summed E-state index contributed by atoms with van der Waals surface area (Å²) >= 11 is 0. The van der Waals surface area contributed by atoms with Crippen LogP contribution in [0.5, 0.6) is 0 Å². The number of hydrogen-bond donors (Lipinski definition) is 1. The molecule has 1 N–H and O–H groups in total. The second kappa shape index (κ2) is 8.70. The first-order chi connectivity index (χ1) is 16.2. The summed E-state index contributed by atoms with van der Waals surface area (Å²) in [5.74, 6) is -5.10. The average Bonchev–Trinajstić information content (AvgIpc) is 3.09. The van der Waals surface area contributed by atoms with Crippen LogP contribution in [-0.4, -0.2) is 33.5 Å². The smallest absolute Gasteiger partial charge is 0.335 e. The summed E-state index contributed by atoms with van der Waals surface area (Å²) in [4.78, 5) is 62.7. The highest BCUT2D eigenvalue weighted by atomic mass is 16.6. The van der Waals surface area contributed by atoms with Gasteiger partial charge >= 0.3 is 5.97 Å². The Kier molecular flexibility index (Phi) is 5.77. The minimum atomic E-state index is -1.41. The Hall–Kier alpha value is -4.66. The predicted molar refractivity (Wildman–Crippen MR) is 121 cm³/mol. The number of nitrogens with zero attached hydrogens (tertiary/aromatic N) is 2. The largest absolute Gasteiger partial charge is 0.478 e. The Balaban J connectivity index is 1.87. The standard InChI is InChI=1S/C25H18N2O7/c1-14-5-7-16(8-6-14)22(28)20-21(15-9-11-18(12-10-15)27(33)34)26(24(30)23(20)29)19-4-2-3-17(13-19)25(31)32/h2-13,20-21H,1H3,(H,31,32). The molecule has 4 rings (SSSR count). The molecule has 2 atom stereocenters. The van der Waals surface area contributed by atoms with Gasteiger partial charge in [-0.1, -0.05) is 48.0 Å². The maximum absolute atomic E-state index is 13.4. The number of aromatic carboxylic acids is 1. The van der Waals surface area contributed by atoms with Crippen molar-refractivity contribution >= 4 is 34.8 Å². The molecule has 3 aromatic carbocycles. The molecule has 0 aromatic heterocycles. The molecule has 1 amide bonds. The number of aryl methyl sites for hydroxylation is 1. The molecular weight excluding hydrogens is 440 g/mol. The Bertz CT molecular complexity index is 1330. The van der Waals surface area contributed by atoms with Crippen LogP contribution < -0.4 is 4.90 Å². The van der Waals surface area contributed by atoms with Gasteiger partial charge in [0.05, 0.1) is 16.5 Å². The van der Waals surface area contributed by atoms with E-state index in [-0.39, 0.29) is 22.5 Å². The molecule has 1 fully saturated rings. The third kappa shape index (κ3) is 3.95. The molecule has 9 heteroatoms. The molecule has 1 aliphatic rings. The van der Waals surface area contributed by atoms with Crippen LogP contribution in [0.15, 0.2) is 72.8 Å². The van der Waals surface area contributed by atoms with Crippen molar-refractivity contribution in [1.82, 2.24) is 0 Å². The maximum Gasteiger partial charge on any atom is 0.335 e. The maximum atomic E-state index is 13.4. The van der Waals surface area contributed by atoms with Crippen molar-refractivity contribution in [2.24, 2.45) is 5.92 Å². The van der Waals surface area contributed by atoms with Gasteiger partial charge < -0.3 is 5.11 Å². The van der Waals surface area contributed by atoms with Crippen molar-refractivity contribution in [2.45, 2.75) is 13.0 Å². The summed E-state index contributed by atoms with van der Waals surface area (Å²) in [7, 11) is 0. The number of rotatable bonds is 6. The Morgan fingerprint density at radius 1 is 0.941 bits per heavy atom. The topological polar surface area (TPSA) is 135 Å². The van der Waals surface area contributed by atoms with Crippen molar-refractivity contribution in [3.8, 4) is 0 Å². The molecule has 1 saturated heterocycles. The van der Waals surface area contributed by atoms with E-state index in [0.717, 1.165) is 10.5 Å². The van der Waals surface area contributed by atoms with Gasteiger partial charge in [-0.3, -0.25) is 29.4 Å². The van der Waals surface area contributed by atoms with E-state index < -0.39 is 40.3 Å². The van der Waals surface area contributed by atoms with Gasteiger partial charge in [0.2, 0.25) is 5.78 Å². The number of hydrogen-bond acceptors (Lipinski definition) is 6. The van der Waals surface area contributed by atoms with Crippen LogP contribution >= 0.6 is 0 Å². The van der Waals surface area contributed by atoms with E-state index >= 15 is 0 Å². The number of carboxylic acid groups (broad SMARTS) is 1. The van der Waals surface area contributed by atoms with Gasteiger partial charge in [0.1, 0.15) is 5.92 Å². The van der Waals surface area contributed by atoms with Crippen LogP contribution in [0.25, 0.3) is 0 Å². The van der Waals surface area contributed by atoms with Gasteiger partial charge in [0.15, 0.2) is 5.78 Å². The normalized spacial score (nSPS) is 17.6. The number of anilines is 1. The van der Waals surface area contributed by atoms with Gasteiger partial charge in [0, 0.05) is 23.4 Å². The number of ketones is 2. The zero-order valence-electron chi connectivity index (χ0n) is 17.9. The van der Waals surface area contributed by atoms with Crippen molar-refractivity contribution in [1.29, 1.82) is 0 Å². The molecule has 0 radical (unpaired) electrons. The number of amides is 1. The SMILES string of the molecule is Cc1ccc(C(=O)C2C(=O)C(=O)N(c3cccc(C(=O)O)c3)C2c2ccc([N+](=O)[O-])cc2)cc1. The Labute approximate surface area is 193 Å². The highest BCUT2D eigenvalue weighted by Gasteiger charge is 2.52. The lowest BCUT2D eigenvalue weighted by Crippen LogP contribution is -2.30. The van der Waals surface area contributed by atoms with E-state index in [9.17, 15) is 34.4 Å². The van der Waals surface area contributed by atoms with E-state index in [1.807, 2.05) is 6.92 Å². The van der Waals surface area contributed by atoms with Gasteiger partial charge in [-0.15, -0.1) is 0 Å². The van der Waals surface area contributed by atoms with Crippen molar-refractivity contribution < 1.29 is 29.2 Å². The minimum Gasteiger partial charge on any atom is -0.478 e. The molecule has 2 unspecified atom stereocenters. The summed E-state index contributed by atoms with van der Waals surface area (Å²) in [6.07, 6.45) is 0. The lowest BCUT2D eigenvalue weighted by Gasteiger charge is -2.27. The van der Waals surface area contributed by atoms with Crippen molar-refractivity contribution in [3.63, 3.8) is 0 Å². The molecule has 1 aliphatic heterocycles. The van der Waals surface area contributed by atoms with Crippen LogP contribution in [0.2, 0.25) is 0 Å². The van der Waals surface area contributed by atoms with E-state index in [2.05, 4.69) is 0 Å². The highest BCUT2D eigenvalue weighted by Crippen LogP contribution is 2.41. The average molecular weight is 458 g/mol. The number of benzene rings is 3. The van der Waals surface area contributed by atoms with Crippen LogP contribution in [0.1, 0.15) is 37.9 Å². The van der Waals surface area contributed by atoms with Crippen LogP contribution in [0.4, 0.5) is 11.4 Å². The summed E-state index contributed by atoms with van der Waals surface area (Å²) in [5.41, 5.74) is 1.31. The zero-order valence-corrected chi connectivity index (χ0v) is 17.9. The third-order valence-corrected chi connectivity index (χ3v) is 5.74. The molecule has 34 heavy (non-hydrogen) atoms. The first-order valence-corrected chi connectivity index (χ1v) is 10.2. The molecule has 0 aliphatic carbocycles. The number of Topliss-reactive ketones (excluding diaryl/α,β-unsaturated/α-hetero) is 2. The van der Waals surface area contributed by atoms with Crippen molar-refractivity contribution in [2.75, 3.05) is 4.90 Å². The van der Waals surface area contributed by atoms with Crippen LogP contribution in [0.3, 0.4) is 0 Å². The number of carboxylic acids is 1. The lowest BCUT2D eigenvalue weighted by molar-refractivity contribution is -0.384. The summed E-state index contributed by atoms with van der Waals surface area (Å²) in [6.45, 7) is 1.84. The fourth-order valence-corrected chi connectivity index (χ4v) is 4.03. The Morgan fingerprint density at radius 2 is 1.59 bits per heavy atom. The molecule has 9 nitrogen and oxygen atoms in total. The van der Waals surface area contributed by atoms with E-state index in [1.54, 1.807) is 24.3 Å². The third-order valence-electron chi connectivity index (χ3n) is 5.74. The molecule has 0 bridgehead atoms. The number of nitro groups is 1. The van der Waals surface area contributed by atoms with E-state index in [1.165, 1.54) is 48.5 Å².